The minimum Gasteiger partial charge on any atom is -0.495 e. The topological polar surface area (TPSA) is 116 Å². The summed E-state index contributed by atoms with van der Waals surface area (Å²) in [5.41, 5.74) is 3.77. The summed E-state index contributed by atoms with van der Waals surface area (Å²) in [5, 5.41) is 4.98. The van der Waals surface area contributed by atoms with E-state index in [9.17, 15) is 9.59 Å². The number of nitrogens with zero attached hydrogens (tertiary/aromatic N) is 8. The van der Waals surface area contributed by atoms with Crippen molar-refractivity contribution in [1.82, 2.24) is 19.8 Å². The van der Waals surface area contributed by atoms with Gasteiger partial charge in [0.1, 0.15) is 11.5 Å². The van der Waals surface area contributed by atoms with Gasteiger partial charge < -0.3 is 28.9 Å². The molecular formula is C50H56N8O6. The molecule has 0 amide bonds. The highest BCUT2D eigenvalue weighted by Gasteiger charge is 2.23. The molecule has 332 valence electrons. The smallest absolute Gasteiger partial charge is 0.356 e. The van der Waals surface area contributed by atoms with Crippen molar-refractivity contribution in [2.24, 2.45) is 0 Å². The number of pyridine rings is 2. The van der Waals surface area contributed by atoms with Crippen molar-refractivity contribution < 1.29 is 28.7 Å². The van der Waals surface area contributed by atoms with E-state index in [4.69, 9.17) is 29.1 Å². The zero-order valence-electron chi connectivity index (χ0n) is 36.6. The molecule has 0 atom stereocenters. The van der Waals surface area contributed by atoms with Gasteiger partial charge in [-0.25, -0.2) is 19.6 Å². The summed E-state index contributed by atoms with van der Waals surface area (Å²) in [5.74, 6) is 1.30. The van der Waals surface area contributed by atoms with Gasteiger partial charge in [-0.3, -0.25) is 9.80 Å². The predicted octanol–water partition coefficient (Wildman–Crippen LogP) is 7.01. The van der Waals surface area contributed by atoms with Crippen LogP contribution < -0.4 is 29.4 Å². The van der Waals surface area contributed by atoms with Gasteiger partial charge in [0, 0.05) is 88.4 Å². The van der Waals surface area contributed by atoms with Crippen molar-refractivity contribution in [3.8, 4) is 11.5 Å². The Morgan fingerprint density at radius 2 is 0.906 bits per heavy atom. The fourth-order valence-electron chi connectivity index (χ4n) is 8.30. The number of aromatic nitrogens is 2. The van der Waals surface area contributed by atoms with Crippen molar-refractivity contribution in [3.63, 3.8) is 0 Å². The largest absolute Gasteiger partial charge is 0.495 e. The third-order valence-corrected chi connectivity index (χ3v) is 11.7. The van der Waals surface area contributed by atoms with Crippen molar-refractivity contribution in [2.75, 3.05) is 113 Å². The molecule has 2 saturated heterocycles. The Kier molecular flexibility index (Phi) is 14.7. The summed E-state index contributed by atoms with van der Waals surface area (Å²) >= 11 is 0. The number of carbonyl (C=O) groups excluding carboxylic acids is 2. The summed E-state index contributed by atoms with van der Waals surface area (Å²) in [6.45, 7) is 9.50. The molecule has 2 fully saturated rings. The highest BCUT2D eigenvalue weighted by atomic mass is 16.7. The summed E-state index contributed by atoms with van der Waals surface area (Å²) in [7, 11) is 3.41. The molecule has 6 aromatic rings. The third kappa shape index (κ3) is 11.2. The zero-order chi connectivity index (χ0) is 44.1. The number of rotatable bonds is 18. The Morgan fingerprint density at radius 3 is 1.33 bits per heavy atom. The number of anilines is 4. The molecule has 2 aliphatic heterocycles. The van der Waals surface area contributed by atoms with E-state index < -0.39 is 11.9 Å². The van der Waals surface area contributed by atoms with Crippen LogP contribution in [-0.4, -0.2) is 124 Å². The lowest BCUT2D eigenvalue weighted by molar-refractivity contribution is -0.142. The van der Waals surface area contributed by atoms with Crippen molar-refractivity contribution in [3.05, 3.63) is 133 Å². The van der Waals surface area contributed by atoms with E-state index in [1.807, 2.05) is 109 Å². The van der Waals surface area contributed by atoms with Gasteiger partial charge in [0.05, 0.1) is 49.7 Å². The SMILES string of the molecule is COc1ccccc1N1CCN(CCCN(OC(=O)/C=C/C(=O)ON(CCCN2CCN(c3ccccc3OC)CC2)c2ccc3ccccc3n2)c2ccc3ccccc3n2)CC1. The summed E-state index contributed by atoms with van der Waals surface area (Å²) in [6.07, 6.45) is 3.63. The van der Waals surface area contributed by atoms with Crippen LogP contribution in [0.25, 0.3) is 21.8 Å². The summed E-state index contributed by atoms with van der Waals surface area (Å²) in [6, 6.07) is 39.4. The van der Waals surface area contributed by atoms with Gasteiger partial charge in [0.2, 0.25) is 0 Å². The van der Waals surface area contributed by atoms with Crippen LogP contribution in [0.15, 0.2) is 133 Å². The fourth-order valence-corrected chi connectivity index (χ4v) is 8.30. The van der Waals surface area contributed by atoms with E-state index in [0.717, 1.165) is 122 Å². The molecule has 2 aromatic heterocycles. The standard InChI is InChI=1S/C50H56N8O6/c1-61-45-19-9-7-17-43(45)55-35-31-53(32-36-55)27-11-29-57(47-23-21-39-13-3-5-15-41(39)51-47)63-49(59)25-26-50(60)64-58(48-24-22-40-14-4-6-16-42(40)52-48)30-12-28-54-33-37-56(38-34-54)44-18-8-10-20-46(44)62-2/h3-10,13-26H,11-12,27-38H2,1-2H3/b26-25+. The normalized spacial score (nSPS) is 14.8. The predicted molar refractivity (Wildman–Crippen MR) is 252 cm³/mol. The van der Waals surface area contributed by atoms with Crippen LogP contribution in [0.3, 0.4) is 0 Å². The molecule has 0 spiro atoms. The quantitative estimate of drug-likeness (QED) is 0.0652. The van der Waals surface area contributed by atoms with Gasteiger partial charge in [0.25, 0.3) is 0 Å². The molecule has 0 N–H and O–H groups in total. The number of carbonyl (C=O) groups is 2. The number of hydrogen-bond donors (Lipinski definition) is 0. The molecule has 0 saturated carbocycles. The number of fused-ring (bicyclic) bond motifs is 2. The van der Waals surface area contributed by atoms with E-state index in [0.29, 0.717) is 37.6 Å². The van der Waals surface area contributed by atoms with Crippen molar-refractivity contribution >= 4 is 56.8 Å². The van der Waals surface area contributed by atoms with Crippen LogP contribution in [0.1, 0.15) is 12.8 Å². The molecule has 8 rings (SSSR count). The number of hydroxylamine groups is 2. The van der Waals surface area contributed by atoms with Crippen LogP contribution in [0.5, 0.6) is 11.5 Å². The molecule has 0 unspecified atom stereocenters. The van der Waals surface area contributed by atoms with E-state index in [2.05, 4.69) is 31.7 Å². The molecule has 14 nitrogen and oxygen atoms in total. The average molecular weight is 865 g/mol. The Labute approximate surface area is 374 Å². The molecule has 64 heavy (non-hydrogen) atoms. The first kappa shape index (κ1) is 43.7. The lowest BCUT2D eigenvalue weighted by Crippen LogP contribution is -2.47. The summed E-state index contributed by atoms with van der Waals surface area (Å²) in [4.78, 5) is 57.8. The highest BCUT2D eigenvalue weighted by Crippen LogP contribution is 2.30. The molecule has 2 aliphatic rings. The maximum absolute atomic E-state index is 13.4. The first-order chi connectivity index (χ1) is 31.4. The molecule has 14 heteroatoms. The van der Waals surface area contributed by atoms with E-state index in [1.165, 1.54) is 10.1 Å². The molecule has 0 aliphatic carbocycles. The monoisotopic (exact) mass is 864 g/mol. The molecule has 4 heterocycles. The Morgan fingerprint density at radius 1 is 0.516 bits per heavy atom. The fraction of sp³-hybridized carbons (Fsp3) is 0.320. The molecular weight excluding hydrogens is 809 g/mol. The van der Waals surface area contributed by atoms with Gasteiger partial charge in [-0.05, 0) is 73.5 Å². The number of methoxy groups -OCH3 is 2. The Hall–Kier alpha value is -6.90. The number of para-hydroxylation sites is 6. The maximum Gasteiger partial charge on any atom is 0.356 e. The van der Waals surface area contributed by atoms with E-state index >= 15 is 0 Å². The lowest BCUT2D eigenvalue weighted by atomic mass is 10.2. The van der Waals surface area contributed by atoms with Gasteiger partial charge in [-0.2, -0.15) is 10.1 Å². The van der Waals surface area contributed by atoms with E-state index in [-0.39, 0.29) is 0 Å². The molecule has 0 radical (unpaired) electrons. The first-order valence-corrected chi connectivity index (χ1v) is 22.0. The molecule has 4 aromatic carbocycles. The average Bonchev–Trinajstić information content (AvgIpc) is 3.35. The molecule has 0 bridgehead atoms. The minimum atomic E-state index is -0.722. The number of ether oxygens (including phenoxy) is 2. The zero-order valence-corrected chi connectivity index (χ0v) is 36.6. The second-order valence-electron chi connectivity index (χ2n) is 15.8. The van der Waals surface area contributed by atoms with Crippen LogP contribution in [0.4, 0.5) is 23.0 Å². The summed E-state index contributed by atoms with van der Waals surface area (Å²) < 4.78 is 11.2. The highest BCUT2D eigenvalue weighted by molar-refractivity contribution is 5.92. The van der Waals surface area contributed by atoms with Crippen LogP contribution in [0, 0.1) is 0 Å². The van der Waals surface area contributed by atoms with Crippen molar-refractivity contribution in [1.29, 1.82) is 0 Å². The number of hydrogen-bond acceptors (Lipinski definition) is 14. The van der Waals surface area contributed by atoms with Crippen LogP contribution >= 0.6 is 0 Å². The first-order valence-electron chi connectivity index (χ1n) is 22.0. The number of benzene rings is 4. The second kappa shape index (κ2) is 21.5. The van der Waals surface area contributed by atoms with E-state index in [1.54, 1.807) is 14.2 Å². The van der Waals surface area contributed by atoms with Crippen LogP contribution in [-0.2, 0) is 19.3 Å². The van der Waals surface area contributed by atoms with Crippen molar-refractivity contribution in [2.45, 2.75) is 12.8 Å². The minimum absolute atomic E-state index is 0.402. The van der Waals surface area contributed by atoms with Gasteiger partial charge in [-0.15, -0.1) is 0 Å². The maximum atomic E-state index is 13.4. The third-order valence-electron chi connectivity index (χ3n) is 11.7. The van der Waals surface area contributed by atoms with Crippen LogP contribution in [0.2, 0.25) is 0 Å². The van der Waals surface area contributed by atoms with Gasteiger partial charge >= 0.3 is 11.9 Å². The number of piperazine rings is 2. The Bertz CT molecular complexity index is 2350. The Balaban J connectivity index is 0.881. The van der Waals surface area contributed by atoms with Gasteiger partial charge in [-0.1, -0.05) is 60.7 Å². The second-order valence-corrected chi connectivity index (χ2v) is 15.8. The lowest BCUT2D eigenvalue weighted by Gasteiger charge is -2.36. The van der Waals surface area contributed by atoms with Gasteiger partial charge in [0.15, 0.2) is 11.6 Å².